The van der Waals surface area contributed by atoms with E-state index in [1.165, 1.54) is 29.0 Å². The second-order valence-electron chi connectivity index (χ2n) is 7.88. The Balaban J connectivity index is 2.47. The van der Waals surface area contributed by atoms with E-state index in [2.05, 4.69) is 21.9 Å². The van der Waals surface area contributed by atoms with Crippen LogP contribution in [0.5, 0.6) is 0 Å². The lowest BCUT2D eigenvalue weighted by molar-refractivity contribution is -0.123. The Labute approximate surface area is 194 Å². The molecule has 0 atom stereocenters. The highest BCUT2D eigenvalue weighted by Gasteiger charge is 2.22. The van der Waals surface area contributed by atoms with Gasteiger partial charge in [0, 0.05) is 23.8 Å². The second kappa shape index (κ2) is 10.6. The van der Waals surface area contributed by atoms with Crippen molar-refractivity contribution in [2.75, 3.05) is 17.2 Å². The van der Waals surface area contributed by atoms with Crippen molar-refractivity contribution in [2.45, 2.75) is 34.2 Å². The molecule has 0 aliphatic rings. The summed E-state index contributed by atoms with van der Waals surface area (Å²) in [6.07, 6.45) is 6.54. The number of aromatic nitrogens is 1. The Morgan fingerprint density at radius 1 is 1.33 bits per heavy atom. The fraction of sp³-hybridized carbons (Fsp3) is 0.304. The van der Waals surface area contributed by atoms with Gasteiger partial charge in [-0.1, -0.05) is 26.7 Å². The molecule has 1 aromatic heterocycles. The van der Waals surface area contributed by atoms with Crippen molar-refractivity contribution in [1.82, 2.24) is 9.88 Å². The van der Waals surface area contributed by atoms with E-state index in [4.69, 9.17) is 6.42 Å². The molecular weight excluding hydrogens is 445 g/mol. The van der Waals surface area contributed by atoms with Gasteiger partial charge in [-0.25, -0.2) is 4.39 Å². The van der Waals surface area contributed by atoms with Gasteiger partial charge in [0.15, 0.2) is 5.57 Å². The summed E-state index contributed by atoms with van der Waals surface area (Å²) in [6.45, 7) is 7.04. The highest BCUT2D eigenvalue weighted by atomic mass is 32.1. The number of terminal acetylenes is 1. The summed E-state index contributed by atoms with van der Waals surface area (Å²) < 4.78 is 15.9. The molecule has 33 heavy (non-hydrogen) atoms. The topological polar surface area (TPSA) is 116 Å². The predicted molar refractivity (Wildman–Crippen MR) is 127 cm³/mol. The first kappa shape index (κ1) is 25.4. The third-order valence-corrected chi connectivity index (χ3v) is 5.52. The fourth-order valence-corrected chi connectivity index (χ4v) is 3.66. The predicted octanol–water partition coefficient (Wildman–Crippen LogP) is 1.33. The molecule has 0 unspecified atom stereocenters. The van der Waals surface area contributed by atoms with E-state index in [0.717, 1.165) is 11.3 Å². The van der Waals surface area contributed by atoms with Gasteiger partial charge in [0.05, 0.1) is 12.2 Å². The molecule has 0 fully saturated rings. The van der Waals surface area contributed by atoms with Crippen molar-refractivity contribution in [2.24, 2.45) is 5.41 Å². The quantitative estimate of drug-likeness (QED) is 0.552. The van der Waals surface area contributed by atoms with Gasteiger partial charge in [0.2, 0.25) is 5.91 Å². The number of hydrogen-bond acceptors (Lipinski definition) is 6. The molecule has 0 aliphatic heterocycles. The van der Waals surface area contributed by atoms with Gasteiger partial charge in [-0.15, -0.1) is 17.8 Å². The van der Waals surface area contributed by atoms with Crippen LogP contribution in [0, 0.1) is 34.9 Å². The maximum Gasteiger partial charge on any atom is 0.270 e. The van der Waals surface area contributed by atoms with Gasteiger partial charge in [-0.3, -0.25) is 19.0 Å². The molecule has 1 heterocycles. The maximum atomic E-state index is 14.2. The first-order valence-electron chi connectivity index (χ1n) is 9.96. The van der Waals surface area contributed by atoms with Crippen molar-refractivity contribution in [3.05, 3.63) is 43.6 Å². The first-order chi connectivity index (χ1) is 15.5. The summed E-state index contributed by atoms with van der Waals surface area (Å²) in [5.74, 6) is 0.633. The third-order valence-electron chi connectivity index (χ3n) is 4.39. The first-order valence-corrected chi connectivity index (χ1v) is 10.8. The van der Waals surface area contributed by atoms with Crippen LogP contribution >= 0.6 is 11.3 Å². The lowest BCUT2D eigenvalue weighted by Gasteiger charge is -2.18. The highest BCUT2D eigenvalue weighted by molar-refractivity contribution is 7.07. The third kappa shape index (κ3) is 6.09. The highest BCUT2D eigenvalue weighted by Crippen LogP contribution is 2.23. The average Bonchev–Trinajstić information content (AvgIpc) is 3.07. The van der Waals surface area contributed by atoms with Gasteiger partial charge >= 0.3 is 0 Å². The Kier molecular flexibility index (Phi) is 8.16. The molecule has 0 aliphatic carbocycles. The van der Waals surface area contributed by atoms with Crippen molar-refractivity contribution in [3.63, 3.8) is 0 Å². The molecule has 0 spiro atoms. The van der Waals surface area contributed by atoms with Crippen LogP contribution < -0.4 is 30.7 Å². The zero-order valence-electron chi connectivity index (χ0n) is 18.7. The summed E-state index contributed by atoms with van der Waals surface area (Å²) in [5, 5.41) is 17.3. The molecule has 0 saturated carbocycles. The number of anilines is 2. The van der Waals surface area contributed by atoms with Crippen molar-refractivity contribution in [3.8, 4) is 18.4 Å². The average molecular weight is 470 g/mol. The molecule has 0 radical (unpaired) electrons. The zero-order valence-corrected chi connectivity index (χ0v) is 19.5. The van der Waals surface area contributed by atoms with E-state index < -0.39 is 22.7 Å². The molecule has 2 rings (SSSR count). The van der Waals surface area contributed by atoms with Gasteiger partial charge < -0.3 is 16.0 Å². The SMILES string of the molecule is C#CCNC(=O)/C(C#N)=c1\s/c(=C/Nc2ccc(F)c(NC(=O)C(C)(C)C)c2)c(=O)n1CC. The summed E-state index contributed by atoms with van der Waals surface area (Å²) in [5.41, 5.74) is -0.901. The number of thiazole rings is 1. The molecule has 10 heteroatoms. The van der Waals surface area contributed by atoms with Crippen LogP contribution in [-0.2, 0) is 16.1 Å². The molecule has 172 valence electrons. The number of halogens is 1. The van der Waals surface area contributed by atoms with Crippen LogP contribution in [0.1, 0.15) is 27.7 Å². The van der Waals surface area contributed by atoms with Crippen molar-refractivity contribution >= 4 is 46.3 Å². The van der Waals surface area contributed by atoms with Crippen molar-refractivity contribution < 1.29 is 14.0 Å². The Morgan fingerprint density at radius 2 is 2.03 bits per heavy atom. The minimum absolute atomic E-state index is 0.00329. The molecule has 2 aromatic rings. The number of nitrogens with one attached hydrogen (secondary N) is 3. The molecule has 0 bridgehead atoms. The number of rotatable bonds is 6. The monoisotopic (exact) mass is 469 g/mol. The second-order valence-corrected chi connectivity index (χ2v) is 8.91. The van der Waals surface area contributed by atoms with Crippen LogP contribution in [0.15, 0.2) is 23.0 Å². The number of nitriles is 1. The van der Waals surface area contributed by atoms with E-state index >= 15 is 0 Å². The lowest BCUT2D eigenvalue weighted by atomic mass is 9.95. The van der Waals surface area contributed by atoms with Crippen molar-refractivity contribution in [1.29, 1.82) is 5.26 Å². The minimum atomic E-state index is -0.706. The Hall–Kier alpha value is -3.89. The number of nitrogens with zero attached hydrogens (tertiary/aromatic N) is 2. The lowest BCUT2D eigenvalue weighted by Crippen LogP contribution is -2.34. The standard InChI is InChI=1S/C23H24FN5O3S/c1-6-10-26-19(30)15(12-25)21-29(7-2)20(31)18(33-21)13-27-14-8-9-16(24)17(11-14)28-22(32)23(3,4)5/h1,8-9,11,13,27H,7,10H2,2-5H3,(H,26,30)(H,28,32)/b18-13+,21-15-. The summed E-state index contributed by atoms with van der Waals surface area (Å²) in [4.78, 5) is 37.2. The van der Waals surface area contributed by atoms with Crippen LogP contribution in [0.2, 0.25) is 0 Å². The summed E-state index contributed by atoms with van der Waals surface area (Å²) >= 11 is 0.962. The minimum Gasteiger partial charge on any atom is -0.360 e. The van der Waals surface area contributed by atoms with Crippen LogP contribution in [0.25, 0.3) is 11.8 Å². The summed E-state index contributed by atoms with van der Waals surface area (Å²) in [6, 6.07) is 5.88. The Morgan fingerprint density at radius 3 is 2.61 bits per heavy atom. The summed E-state index contributed by atoms with van der Waals surface area (Å²) in [7, 11) is 0. The molecule has 0 saturated heterocycles. The molecule has 2 amide bonds. The smallest absolute Gasteiger partial charge is 0.270 e. The van der Waals surface area contributed by atoms with E-state index in [1.54, 1.807) is 27.7 Å². The normalized spacial score (nSPS) is 12.4. The van der Waals surface area contributed by atoms with E-state index in [0.29, 0.717) is 5.69 Å². The van der Waals surface area contributed by atoms with Gasteiger partial charge in [0.25, 0.3) is 11.5 Å². The largest absolute Gasteiger partial charge is 0.360 e. The Bertz CT molecular complexity index is 1340. The van der Waals surface area contributed by atoms with Gasteiger partial charge in [0.1, 0.15) is 21.1 Å². The number of carbonyl (C=O) groups is 2. The molecule has 1 aromatic carbocycles. The number of benzene rings is 1. The zero-order chi connectivity index (χ0) is 24.8. The number of amides is 2. The fourth-order valence-electron chi connectivity index (χ4n) is 2.58. The van der Waals surface area contributed by atoms with E-state index in [-0.39, 0.29) is 39.5 Å². The van der Waals surface area contributed by atoms with Gasteiger partial charge in [-0.05, 0) is 25.1 Å². The van der Waals surface area contributed by atoms with Crippen LogP contribution in [0.4, 0.5) is 15.8 Å². The molecular formula is C23H24FN5O3S. The molecule has 8 nitrogen and oxygen atoms in total. The number of carbonyl (C=O) groups excluding carboxylic acids is 2. The van der Waals surface area contributed by atoms with Crippen LogP contribution in [0.3, 0.4) is 0 Å². The van der Waals surface area contributed by atoms with E-state index in [1.807, 2.05) is 6.07 Å². The maximum absolute atomic E-state index is 14.2. The van der Waals surface area contributed by atoms with E-state index in [9.17, 15) is 24.0 Å². The van der Waals surface area contributed by atoms with Crippen LogP contribution in [-0.4, -0.2) is 22.9 Å². The number of hydrogen-bond donors (Lipinski definition) is 3. The molecule has 3 N–H and O–H groups in total. The van der Waals surface area contributed by atoms with Gasteiger partial charge in [-0.2, -0.15) is 5.26 Å².